The van der Waals surface area contributed by atoms with Crippen molar-refractivity contribution in [1.29, 1.82) is 0 Å². The van der Waals surface area contributed by atoms with Gasteiger partial charge in [0.25, 0.3) is 0 Å². The van der Waals surface area contributed by atoms with Crippen LogP contribution in [0.25, 0.3) is 0 Å². The second kappa shape index (κ2) is 24.5. The average Bonchev–Trinajstić information content (AvgIpc) is 3.00. The molecule has 0 radical (unpaired) electrons. The molecule has 3 unspecified atom stereocenters. The first-order valence-corrected chi connectivity index (χ1v) is 18.7. The molecule has 0 heterocycles. The molecule has 0 bridgehead atoms. The first-order chi connectivity index (χ1) is 19.6. The number of carbonyl (C=O) groups is 3. The Kier molecular flexibility index (Phi) is 23.3. The van der Waals surface area contributed by atoms with Gasteiger partial charge in [-0.1, -0.05) is 91.0 Å². The third kappa shape index (κ3) is 20.4. The summed E-state index contributed by atoms with van der Waals surface area (Å²) in [7, 11) is 0. The molecule has 0 aliphatic rings. The van der Waals surface area contributed by atoms with Crippen molar-refractivity contribution in [2.75, 3.05) is 0 Å². The summed E-state index contributed by atoms with van der Waals surface area (Å²) in [5, 5.41) is 29.8. The molecule has 0 fully saturated rings. The summed E-state index contributed by atoms with van der Waals surface area (Å²) in [4.78, 5) is 33.3. The van der Waals surface area contributed by atoms with Crippen LogP contribution in [0.4, 0.5) is 0 Å². The normalized spacial score (nSPS) is 12.0. The number of rotatable bonds is 12. The van der Waals surface area contributed by atoms with Gasteiger partial charge < -0.3 is 29.7 Å². The van der Waals surface area contributed by atoms with Crippen molar-refractivity contribution >= 4 is 75.7 Å². The van der Waals surface area contributed by atoms with Crippen LogP contribution >= 0.6 is 35.3 Å². The van der Waals surface area contributed by atoms with E-state index in [-0.39, 0.29) is 0 Å². The second-order valence-electron chi connectivity index (χ2n) is 8.27. The molecule has 0 aliphatic heterocycles. The van der Waals surface area contributed by atoms with E-state index in [4.69, 9.17) is 0 Å². The molecule has 0 aromatic heterocycles. The first kappa shape index (κ1) is 38.9. The number of carboxylic acid groups (broad SMARTS) is 3. The fourth-order valence-electron chi connectivity index (χ4n) is 2.59. The Morgan fingerprint density at radius 3 is 0.878 bits per heavy atom. The number of thioether (sulfide) groups is 3. The molecule has 3 aromatic carbocycles. The molecule has 0 N–H and O–H groups in total. The fraction of sp³-hybridized carbons (Fsp3) is 0.323. The van der Waals surface area contributed by atoms with E-state index in [1.54, 1.807) is 43.3 Å². The number of benzene rings is 3. The predicted octanol–water partition coefficient (Wildman–Crippen LogP) is 3.38. The summed E-state index contributed by atoms with van der Waals surface area (Å²) in [5.41, 5.74) is 3.42. The van der Waals surface area contributed by atoms with Gasteiger partial charge in [0, 0.05) is 33.0 Å². The van der Waals surface area contributed by atoms with Gasteiger partial charge in [0.2, 0.25) is 0 Å². The molecule has 10 heteroatoms. The maximum absolute atomic E-state index is 10.4. The van der Waals surface area contributed by atoms with Gasteiger partial charge in [-0.2, -0.15) is 0 Å². The molecule has 3 rings (SSSR count). The van der Waals surface area contributed by atoms with Gasteiger partial charge in [0.05, 0.1) is 17.9 Å². The van der Waals surface area contributed by atoms with Crippen molar-refractivity contribution in [2.45, 2.75) is 58.7 Å². The summed E-state index contributed by atoms with van der Waals surface area (Å²) in [6.45, 7) is 4.93. The molecular formula is C31H36O6S3Sn. The SMILES string of the molecule is CC(SCc1ccccc1)C(=O)[O-].CC(SCc1ccccc1)C(=O)[O-].CC(SCc1ccccc1)C(=O)[O-].[CH3][Sn+3]. The molecular weight excluding hydrogens is 683 g/mol. The number of hydrogen-bond acceptors (Lipinski definition) is 9. The third-order valence-electron chi connectivity index (χ3n) is 5.02. The van der Waals surface area contributed by atoms with E-state index < -0.39 is 33.7 Å². The third-order valence-corrected chi connectivity index (χ3v) is 8.60. The van der Waals surface area contributed by atoms with E-state index in [1.807, 2.05) is 91.0 Å². The van der Waals surface area contributed by atoms with E-state index in [0.717, 1.165) is 33.9 Å². The molecule has 3 aromatic rings. The average molecular weight is 720 g/mol. The maximum atomic E-state index is 10.4. The zero-order valence-corrected chi connectivity index (χ0v) is 29.0. The van der Waals surface area contributed by atoms with Crippen LogP contribution in [0.3, 0.4) is 0 Å². The van der Waals surface area contributed by atoms with E-state index >= 15 is 0 Å². The van der Waals surface area contributed by atoms with Crippen LogP contribution in [0.5, 0.6) is 0 Å². The Hall–Kier alpha value is -2.08. The molecule has 0 saturated heterocycles. The van der Waals surface area contributed by atoms with Crippen molar-refractivity contribution < 1.29 is 29.7 Å². The summed E-state index contributed by atoms with van der Waals surface area (Å²) in [5.74, 6) is -0.843. The molecule has 0 aliphatic carbocycles. The predicted molar refractivity (Wildman–Crippen MR) is 168 cm³/mol. The quantitative estimate of drug-likeness (QED) is 0.260. The van der Waals surface area contributed by atoms with Crippen LogP contribution in [-0.2, 0) is 31.6 Å². The van der Waals surface area contributed by atoms with Crippen molar-refractivity contribution in [1.82, 2.24) is 0 Å². The monoisotopic (exact) mass is 720 g/mol. The van der Waals surface area contributed by atoms with E-state index in [2.05, 4.69) is 4.94 Å². The first-order valence-electron chi connectivity index (χ1n) is 12.7. The van der Waals surface area contributed by atoms with Gasteiger partial charge in [-0.25, -0.2) is 0 Å². The molecule has 41 heavy (non-hydrogen) atoms. The number of carboxylic acids is 3. The van der Waals surface area contributed by atoms with Crippen molar-refractivity contribution in [3.63, 3.8) is 0 Å². The number of hydrogen-bond donors (Lipinski definition) is 0. The minimum atomic E-state index is -0.999. The standard InChI is InChI=1S/3C10H12O2S.CH3.Sn/c3*1-8(10(11)12)13-7-9-5-3-2-4-6-9;;/h3*2-6,8H,7H2,1H3,(H,11,12);1H3;/q;;;;+3/p-3. The van der Waals surface area contributed by atoms with Crippen LogP contribution in [0, 0.1) is 0 Å². The zero-order valence-electron chi connectivity index (χ0n) is 23.7. The van der Waals surface area contributed by atoms with E-state index in [9.17, 15) is 29.7 Å². The van der Waals surface area contributed by atoms with Gasteiger partial charge in [0.1, 0.15) is 0 Å². The van der Waals surface area contributed by atoms with E-state index in [1.165, 1.54) is 35.3 Å². The Labute approximate surface area is 270 Å². The Morgan fingerprint density at radius 2 is 0.707 bits per heavy atom. The van der Waals surface area contributed by atoms with Gasteiger partial charge in [-0.05, 0) is 37.5 Å². The van der Waals surface area contributed by atoms with Gasteiger partial charge in [-0.3, -0.25) is 0 Å². The van der Waals surface area contributed by atoms with Crippen LogP contribution in [0.15, 0.2) is 91.0 Å². The van der Waals surface area contributed by atoms with Crippen LogP contribution in [0.2, 0.25) is 4.94 Å². The topological polar surface area (TPSA) is 120 Å². The Balaban J connectivity index is 0.000000567. The van der Waals surface area contributed by atoms with Crippen LogP contribution < -0.4 is 15.3 Å². The fourth-order valence-corrected chi connectivity index (χ4v) is 4.90. The van der Waals surface area contributed by atoms with Crippen LogP contribution in [-0.4, -0.2) is 56.2 Å². The molecule has 0 saturated carbocycles. The van der Waals surface area contributed by atoms with Crippen LogP contribution in [0.1, 0.15) is 37.5 Å². The zero-order chi connectivity index (χ0) is 31.0. The Morgan fingerprint density at radius 1 is 0.512 bits per heavy atom. The van der Waals surface area contributed by atoms with Gasteiger partial charge in [0.15, 0.2) is 0 Å². The minimum absolute atomic E-state index is 0.444. The van der Waals surface area contributed by atoms with Gasteiger partial charge >= 0.3 is 27.5 Å². The second-order valence-corrected chi connectivity index (χ2v) is 12.3. The van der Waals surface area contributed by atoms with Gasteiger partial charge in [-0.15, -0.1) is 35.3 Å². The summed E-state index contributed by atoms with van der Waals surface area (Å²) in [6, 6.07) is 29.4. The molecule has 0 spiro atoms. The molecule has 0 amide bonds. The molecule has 218 valence electrons. The number of carbonyl (C=O) groups excluding carboxylic acids is 3. The van der Waals surface area contributed by atoms with E-state index in [0.29, 0.717) is 0 Å². The molecule has 6 nitrogen and oxygen atoms in total. The van der Waals surface area contributed by atoms with Crippen molar-refractivity contribution in [2.24, 2.45) is 0 Å². The summed E-state index contributed by atoms with van der Waals surface area (Å²) >= 11 is 5.68. The summed E-state index contributed by atoms with van der Waals surface area (Å²) in [6.07, 6.45) is 0. The summed E-state index contributed by atoms with van der Waals surface area (Å²) < 4.78 is 0. The Bertz CT molecular complexity index is 963. The van der Waals surface area contributed by atoms with Crippen molar-refractivity contribution in [3.05, 3.63) is 108 Å². The molecule has 3 atom stereocenters. The number of aliphatic carboxylic acids is 3. The van der Waals surface area contributed by atoms with Crippen molar-refractivity contribution in [3.8, 4) is 0 Å².